The molecule has 1 aromatic heterocycles. The molecule has 0 aliphatic carbocycles. The topological polar surface area (TPSA) is 71.3 Å². The van der Waals surface area contributed by atoms with E-state index in [4.69, 9.17) is 4.42 Å². The standard InChI is InChI=1S/C20H26N2O3/c1-14(23)21-13-16-10-11-18(25-16)19(24)22-17(12-20(2,3)4)15-8-6-5-7-9-15/h5-11,17H,12-13H2,1-4H3,(H,21,23)(H,22,24)/t17-/m1/s1. The van der Waals surface area contributed by atoms with Gasteiger partial charge >= 0.3 is 0 Å². The third-order valence-corrected chi connectivity index (χ3v) is 3.72. The van der Waals surface area contributed by atoms with Gasteiger partial charge in [0.25, 0.3) is 5.91 Å². The van der Waals surface area contributed by atoms with Crippen molar-refractivity contribution in [1.82, 2.24) is 10.6 Å². The van der Waals surface area contributed by atoms with Gasteiger partial charge in [-0.3, -0.25) is 9.59 Å². The van der Waals surface area contributed by atoms with Gasteiger partial charge in [0.1, 0.15) is 5.76 Å². The first-order chi connectivity index (χ1) is 11.7. The lowest BCUT2D eigenvalue weighted by atomic mass is 9.85. The summed E-state index contributed by atoms with van der Waals surface area (Å²) in [5.41, 5.74) is 1.13. The van der Waals surface area contributed by atoms with Crippen molar-refractivity contribution in [3.8, 4) is 0 Å². The summed E-state index contributed by atoms with van der Waals surface area (Å²) in [5, 5.41) is 5.71. The van der Waals surface area contributed by atoms with Gasteiger partial charge in [0, 0.05) is 6.92 Å². The van der Waals surface area contributed by atoms with Crippen molar-refractivity contribution in [3.05, 3.63) is 59.5 Å². The number of benzene rings is 1. The molecule has 0 radical (unpaired) electrons. The van der Waals surface area contributed by atoms with E-state index in [1.807, 2.05) is 30.3 Å². The maximum atomic E-state index is 12.6. The zero-order chi connectivity index (χ0) is 18.4. The minimum absolute atomic E-state index is 0.0630. The van der Waals surface area contributed by atoms with E-state index in [2.05, 4.69) is 31.4 Å². The SMILES string of the molecule is CC(=O)NCc1ccc(C(=O)N[C@H](CC(C)(C)C)c2ccccc2)o1. The van der Waals surface area contributed by atoms with Crippen LogP contribution in [0.3, 0.4) is 0 Å². The normalized spacial score (nSPS) is 12.5. The number of nitrogens with one attached hydrogen (secondary N) is 2. The summed E-state index contributed by atoms with van der Waals surface area (Å²) in [5.74, 6) is 0.395. The number of furan rings is 1. The molecule has 0 saturated heterocycles. The van der Waals surface area contributed by atoms with Crippen LogP contribution in [0.5, 0.6) is 0 Å². The summed E-state index contributed by atoms with van der Waals surface area (Å²) in [6.45, 7) is 8.15. The van der Waals surface area contributed by atoms with Crippen molar-refractivity contribution < 1.29 is 14.0 Å². The Morgan fingerprint density at radius 3 is 2.36 bits per heavy atom. The van der Waals surface area contributed by atoms with Crippen LogP contribution >= 0.6 is 0 Å². The van der Waals surface area contributed by atoms with Crippen molar-refractivity contribution in [2.24, 2.45) is 5.41 Å². The molecule has 2 N–H and O–H groups in total. The third-order valence-electron chi connectivity index (χ3n) is 3.72. The predicted molar refractivity (Wildman–Crippen MR) is 96.9 cm³/mol. The Kier molecular flexibility index (Phi) is 6.02. The second-order valence-electron chi connectivity index (χ2n) is 7.38. The highest BCUT2D eigenvalue weighted by Gasteiger charge is 2.23. The second kappa shape index (κ2) is 8.01. The first-order valence-corrected chi connectivity index (χ1v) is 8.43. The number of rotatable bonds is 6. The predicted octanol–water partition coefficient (Wildman–Crippen LogP) is 3.82. The van der Waals surface area contributed by atoms with Crippen LogP contribution in [0.25, 0.3) is 0 Å². The zero-order valence-corrected chi connectivity index (χ0v) is 15.3. The molecule has 5 heteroatoms. The fraction of sp³-hybridized carbons (Fsp3) is 0.400. The van der Waals surface area contributed by atoms with Crippen LogP contribution in [0, 0.1) is 5.41 Å². The van der Waals surface area contributed by atoms with Gasteiger partial charge in [-0.25, -0.2) is 0 Å². The molecule has 0 fully saturated rings. The first kappa shape index (κ1) is 18.8. The van der Waals surface area contributed by atoms with E-state index >= 15 is 0 Å². The molecule has 0 aliphatic heterocycles. The first-order valence-electron chi connectivity index (χ1n) is 8.43. The fourth-order valence-electron chi connectivity index (χ4n) is 2.59. The maximum absolute atomic E-state index is 12.6. The number of hydrogen-bond acceptors (Lipinski definition) is 3. The molecule has 5 nitrogen and oxygen atoms in total. The monoisotopic (exact) mass is 342 g/mol. The van der Waals surface area contributed by atoms with Gasteiger partial charge in [0.15, 0.2) is 5.76 Å². The quantitative estimate of drug-likeness (QED) is 0.838. The molecule has 1 heterocycles. The second-order valence-corrected chi connectivity index (χ2v) is 7.38. The summed E-state index contributed by atoms with van der Waals surface area (Å²) >= 11 is 0. The Morgan fingerprint density at radius 2 is 1.76 bits per heavy atom. The Balaban J connectivity index is 2.10. The summed E-state index contributed by atoms with van der Waals surface area (Å²) in [6.07, 6.45) is 0.808. The van der Waals surface area contributed by atoms with E-state index in [9.17, 15) is 9.59 Å². The summed E-state index contributed by atoms with van der Waals surface area (Å²) in [4.78, 5) is 23.5. The van der Waals surface area contributed by atoms with Crippen molar-refractivity contribution in [3.63, 3.8) is 0 Å². The minimum atomic E-state index is -0.257. The molecular formula is C20H26N2O3. The molecule has 0 aliphatic rings. The average molecular weight is 342 g/mol. The van der Waals surface area contributed by atoms with Gasteiger partial charge in [0.05, 0.1) is 12.6 Å². The van der Waals surface area contributed by atoms with Gasteiger partial charge in [-0.2, -0.15) is 0 Å². The van der Waals surface area contributed by atoms with Crippen molar-refractivity contribution in [2.75, 3.05) is 0 Å². The lowest BCUT2D eigenvalue weighted by Crippen LogP contribution is -2.31. The van der Waals surface area contributed by atoms with E-state index in [-0.39, 0.29) is 35.6 Å². The number of amides is 2. The molecule has 0 bridgehead atoms. The fourth-order valence-corrected chi connectivity index (χ4v) is 2.59. The Bertz CT molecular complexity index is 714. The summed E-state index contributed by atoms with van der Waals surface area (Å²) < 4.78 is 5.54. The van der Waals surface area contributed by atoms with E-state index in [0.29, 0.717) is 5.76 Å². The average Bonchev–Trinajstić information content (AvgIpc) is 3.01. The number of hydrogen-bond donors (Lipinski definition) is 2. The summed E-state index contributed by atoms with van der Waals surface area (Å²) in [6, 6.07) is 13.2. The third kappa shape index (κ3) is 6.10. The highest BCUT2D eigenvalue weighted by atomic mass is 16.4. The summed E-state index contributed by atoms with van der Waals surface area (Å²) in [7, 11) is 0. The van der Waals surface area contributed by atoms with Crippen LogP contribution in [0.1, 0.15) is 62.0 Å². The van der Waals surface area contributed by atoms with Crippen LogP contribution in [-0.2, 0) is 11.3 Å². The van der Waals surface area contributed by atoms with E-state index in [0.717, 1.165) is 12.0 Å². The van der Waals surface area contributed by atoms with Crippen molar-refractivity contribution in [1.29, 1.82) is 0 Å². The molecule has 134 valence electrons. The van der Waals surface area contributed by atoms with Crippen LogP contribution in [0.15, 0.2) is 46.9 Å². The molecule has 2 aromatic rings. The number of carbonyl (C=O) groups is 2. The molecule has 2 amide bonds. The molecule has 1 atom stereocenters. The molecular weight excluding hydrogens is 316 g/mol. The lowest BCUT2D eigenvalue weighted by Gasteiger charge is -2.27. The van der Waals surface area contributed by atoms with Gasteiger partial charge in [-0.1, -0.05) is 51.1 Å². The van der Waals surface area contributed by atoms with Crippen LogP contribution in [0.2, 0.25) is 0 Å². The largest absolute Gasteiger partial charge is 0.454 e. The van der Waals surface area contributed by atoms with Crippen molar-refractivity contribution >= 4 is 11.8 Å². The van der Waals surface area contributed by atoms with Crippen LogP contribution in [0.4, 0.5) is 0 Å². The maximum Gasteiger partial charge on any atom is 0.287 e. The van der Waals surface area contributed by atoms with Gasteiger partial charge in [0.2, 0.25) is 5.91 Å². The van der Waals surface area contributed by atoms with E-state index in [1.165, 1.54) is 6.92 Å². The minimum Gasteiger partial charge on any atom is -0.454 e. The lowest BCUT2D eigenvalue weighted by molar-refractivity contribution is -0.119. The Morgan fingerprint density at radius 1 is 1.08 bits per heavy atom. The van der Waals surface area contributed by atoms with Crippen LogP contribution < -0.4 is 10.6 Å². The van der Waals surface area contributed by atoms with Gasteiger partial charge in [-0.05, 0) is 29.5 Å². The molecule has 0 saturated carbocycles. The smallest absolute Gasteiger partial charge is 0.287 e. The Hall–Kier alpha value is -2.56. The zero-order valence-electron chi connectivity index (χ0n) is 15.3. The molecule has 1 aromatic carbocycles. The molecule has 0 spiro atoms. The number of carbonyl (C=O) groups excluding carboxylic acids is 2. The molecule has 2 rings (SSSR count). The molecule has 25 heavy (non-hydrogen) atoms. The highest BCUT2D eigenvalue weighted by Crippen LogP contribution is 2.29. The highest BCUT2D eigenvalue weighted by molar-refractivity contribution is 5.91. The van der Waals surface area contributed by atoms with E-state index < -0.39 is 0 Å². The van der Waals surface area contributed by atoms with Crippen LogP contribution in [-0.4, -0.2) is 11.8 Å². The Labute approximate surface area is 148 Å². The van der Waals surface area contributed by atoms with E-state index in [1.54, 1.807) is 12.1 Å². The van der Waals surface area contributed by atoms with Crippen molar-refractivity contribution in [2.45, 2.75) is 46.7 Å². The molecule has 0 unspecified atom stereocenters. The van der Waals surface area contributed by atoms with Gasteiger partial charge < -0.3 is 15.1 Å². The van der Waals surface area contributed by atoms with Gasteiger partial charge in [-0.15, -0.1) is 0 Å².